The van der Waals surface area contributed by atoms with Gasteiger partial charge in [0.25, 0.3) is 0 Å². The summed E-state index contributed by atoms with van der Waals surface area (Å²) in [5.41, 5.74) is 1.61. The standard InChI is InChI=1S/C18H19Cl2FN2O3S/c1-12-5-6-13(19)10-17(12)23(27(2,25)26)9-3-4-18(24)22-14-7-8-16(21)15(20)11-14/h5-8,10-11H,3-4,9H2,1-2H3,(H,22,24). The van der Waals surface area contributed by atoms with Gasteiger partial charge in [0.05, 0.1) is 17.0 Å². The summed E-state index contributed by atoms with van der Waals surface area (Å²) >= 11 is 11.7. The fraction of sp³-hybridized carbons (Fsp3) is 0.278. The first-order valence-corrected chi connectivity index (χ1v) is 10.7. The first-order chi connectivity index (χ1) is 12.6. The van der Waals surface area contributed by atoms with E-state index in [0.29, 0.717) is 22.8 Å². The van der Waals surface area contributed by atoms with Crippen LogP contribution in [-0.2, 0) is 14.8 Å². The molecule has 9 heteroatoms. The van der Waals surface area contributed by atoms with Crippen molar-refractivity contribution in [1.29, 1.82) is 0 Å². The average molecular weight is 433 g/mol. The number of carbonyl (C=O) groups is 1. The quantitative estimate of drug-likeness (QED) is 0.693. The van der Waals surface area contributed by atoms with E-state index in [-0.39, 0.29) is 23.9 Å². The number of carbonyl (C=O) groups excluding carboxylic acids is 1. The zero-order chi connectivity index (χ0) is 20.2. The van der Waals surface area contributed by atoms with E-state index in [1.165, 1.54) is 16.4 Å². The van der Waals surface area contributed by atoms with Gasteiger partial charge in [-0.1, -0.05) is 29.3 Å². The number of amides is 1. The normalized spacial score (nSPS) is 11.3. The molecule has 0 aromatic heterocycles. The average Bonchev–Trinajstić information content (AvgIpc) is 2.56. The maximum absolute atomic E-state index is 13.1. The van der Waals surface area contributed by atoms with Crippen molar-refractivity contribution in [2.24, 2.45) is 0 Å². The molecule has 0 spiro atoms. The number of hydrogen-bond acceptors (Lipinski definition) is 3. The second-order valence-corrected chi connectivity index (χ2v) is 8.80. The molecule has 0 saturated heterocycles. The summed E-state index contributed by atoms with van der Waals surface area (Å²) in [7, 11) is -3.54. The van der Waals surface area contributed by atoms with Crippen LogP contribution in [0.15, 0.2) is 36.4 Å². The van der Waals surface area contributed by atoms with Crippen LogP contribution in [0.2, 0.25) is 10.0 Å². The minimum absolute atomic E-state index is 0.0840. The molecular formula is C18H19Cl2FN2O3S. The largest absolute Gasteiger partial charge is 0.326 e. The molecule has 27 heavy (non-hydrogen) atoms. The van der Waals surface area contributed by atoms with Crippen molar-refractivity contribution >= 4 is 50.5 Å². The Balaban J connectivity index is 2.02. The van der Waals surface area contributed by atoms with E-state index >= 15 is 0 Å². The Kier molecular flexibility index (Phi) is 7.08. The molecule has 0 bridgehead atoms. The Morgan fingerprint density at radius 1 is 1.19 bits per heavy atom. The van der Waals surface area contributed by atoms with Crippen LogP contribution in [0, 0.1) is 12.7 Å². The third kappa shape index (κ3) is 6.09. The van der Waals surface area contributed by atoms with Crippen LogP contribution < -0.4 is 9.62 Å². The van der Waals surface area contributed by atoms with E-state index in [2.05, 4.69) is 5.32 Å². The van der Waals surface area contributed by atoms with E-state index in [1.807, 2.05) is 0 Å². The number of nitrogens with zero attached hydrogens (tertiary/aromatic N) is 1. The predicted molar refractivity (Wildman–Crippen MR) is 108 cm³/mol. The van der Waals surface area contributed by atoms with Crippen molar-refractivity contribution in [3.63, 3.8) is 0 Å². The molecule has 2 rings (SSSR count). The monoisotopic (exact) mass is 432 g/mol. The van der Waals surface area contributed by atoms with Gasteiger partial charge in [-0.2, -0.15) is 0 Å². The van der Waals surface area contributed by atoms with Gasteiger partial charge in [0.2, 0.25) is 15.9 Å². The molecule has 0 heterocycles. The zero-order valence-electron chi connectivity index (χ0n) is 14.8. The van der Waals surface area contributed by atoms with E-state index in [4.69, 9.17) is 23.2 Å². The summed E-state index contributed by atoms with van der Waals surface area (Å²) in [5.74, 6) is -0.899. The van der Waals surface area contributed by atoms with E-state index in [0.717, 1.165) is 17.9 Å². The molecular weight excluding hydrogens is 414 g/mol. The van der Waals surface area contributed by atoms with Crippen molar-refractivity contribution < 1.29 is 17.6 Å². The van der Waals surface area contributed by atoms with Crippen LogP contribution in [-0.4, -0.2) is 27.1 Å². The molecule has 0 saturated carbocycles. The number of halogens is 3. The Labute approximate surface area is 168 Å². The minimum Gasteiger partial charge on any atom is -0.326 e. The van der Waals surface area contributed by atoms with Gasteiger partial charge in [-0.3, -0.25) is 9.10 Å². The second kappa shape index (κ2) is 8.91. The summed E-state index contributed by atoms with van der Waals surface area (Å²) in [6.45, 7) is 1.91. The SMILES string of the molecule is Cc1ccc(Cl)cc1N(CCCC(=O)Nc1ccc(F)c(Cl)c1)S(C)(=O)=O. The van der Waals surface area contributed by atoms with Crippen LogP contribution in [0.3, 0.4) is 0 Å². The molecule has 2 aromatic carbocycles. The zero-order valence-corrected chi connectivity index (χ0v) is 17.1. The fourth-order valence-corrected chi connectivity index (χ4v) is 3.86. The van der Waals surface area contributed by atoms with Crippen LogP contribution in [0.4, 0.5) is 15.8 Å². The van der Waals surface area contributed by atoms with Gasteiger partial charge in [0, 0.05) is 23.7 Å². The Morgan fingerprint density at radius 2 is 1.89 bits per heavy atom. The molecule has 0 aliphatic rings. The van der Waals surface area contributed by atoms with Crippen LogP contribution >= 0.6 is 23.2 Å². The van der Waals surface area contributed by atoms with Gasteiger partial charge >= 0.3 is 0 Å². The Bertz CT molecular complexity index is 952. The number of anilines is 2. The minimum atomic E-state index is -3.54. The summed E-state index contributed by atoms with van der Waals surface area (Å²) < 4.78 is 38.7. The number of hydrogen-bond donors (Lipinski definition) is 1. The molecule has 0 fully saturated rings. The summed E-state index contributed by atoms with van der Waals surface area (Å²) in [6.07, 6.45) is 1.48. The van der Waals surface area contributed by atoms with Crippen LogP contribution in [0.25, 0.3) is 0 Å². The molecule has 0 atom stereocenters. The van der Waals surface area contributed by atoms with Crippen molar-refractivity contribution in [2.45, 2.75) is 19.8 Å². The lowest BCUT2D eigenvalue weighted by Crippen LogP contribution is -2.32. The number of benzene rings is 2. The number of rotatable bonds is 7. The number of aryl methyl sites for hydroxylation is 1. The third-order valence-electron chi connectivity index (χ3n) is 3.81. The van der Waals surface area contributed by atoms with Gasteiger partial charge in [0.15, 0.2) is 0 Å². The van der Waals surface area contributed by atoms with Gasteiger partial charge in [-0.25, -0.2) is 12.8 Å². The summed E-state index contributed by atoms with van der Waals surface area (Å²) in [4.78, 5) is 12.1. The Hall–Kier alpha value is -1.83. The van der Waals surface area contributed by atoms with Gasteiger partial charge in [-0.15, -0.1) is 0 Å². The van der Waals surface area contributed by atoms with Gasteiger partial charge < -0.3 is 5.32 Å². The van der Waals surface area contributed by atoms with Crippen molar-refractivity contribution in [1.82, 2.24) is 0 Å². The van der Waals surface area contributed by atoms with Crippen molar-refractivity contribution in [3.8, 4) is 0 Å². The molecule has 5 nitrogen and oxygen atoms in total. The number of nitrogens with one attached hydrogen (secondary N) is 1. The van der Waals surface area contributed by atoms with Crippen molar-refractivity contribution in [3.05, 3.63) is 57.8 Å². The maximum atomic E-state index is 13.1. The molecule has 146 valence electrons. The van der Waals surface area contributed by atoms with Crippen molar-refractivity contribution in [2.75, 3.05) is 22.4 Å². The highest BCUT2D eigenvalue weighted by atomic mass is 35.5. The summed E-state index contributed by atoms with van der Waals surface area (Å²) in [5, 5.41) is 2.94. The summed E-state index contributed by atoms with van der Waals surface area (Å²) in [6, 6.07) is 8.87. The Morgan fingerprint density at radius 3 is 2.52 bits per heavy atom. The topological polar surface area (TPSA) is 66.5 Å². The first-order valence-electron chi connectivity index (χ1n) is 8.06. The van der Waals surface area contributed by atoms with Gasteiger partial charge in [0.1, 0.15) is 5.82 Å². The molecule has 0 radical (unpaired) electrons. The lowest BCUT2D eigenvalue weighted by atomic mass is 10.2. The highest BCUT2D eigenvalue weighted by Gasteiger charge is 2.19. The van der Waals surface area contributed by atoms with E-state index in [1.54, 1.807) is 25.1 Å². The highest BCUT2D eigenvalue weighted by molar-refractivity contribution is 7.92. The predicted octanol–water partition coefficient (Wildman–Crippen LogP) is 4.63. The lowest BCUT2D eigenvalue weighted by molar-refractivity contribution is -0.116. The molecule has 1 N–H and O–H groups in total. The van der Waals surface area contributed by atoms with Crippen LogP contribution in [0.1, 0.15) is 18.4 Å². The van der Waals surface area contributed by atoms with Crippen LogP contribution in [0.5, 0.6) is 0 Å². The second-order valence-electron chi connectivity index (χ2n) is 6.05. The third-order valence-corrected chi connectivity index (χ3v) is 5.51. The number of sulfonamides is 1. The van der Waals surface area contributed by atoms with E-state index in [9.17, 15) is 17.6 Å². The maximum Gasteiger partial charge on any atom is 0.232 e. The molecule has 1 amide bonds. The highest BCUT2D eigenvalue weighted by Crippen LogP contribution is 2.26. The first kappa shape index (κ1) is 21.5. The molecule has 2 aromatic rings. The molecule has 0 aliphatic carbocycles. The smallest absolute Gasteiger partial charge is 0.232 e. The molecule has 0 unspecified atom stereocenters. The molecule has 0 aliphatic heterocycles. The van der Waals surface area contributed by atoms with Gasteiger partial charge in [-0.05, 0) is 49.2 Å². The van der Waals surface area contributed by atoms with E-state index < -0.39 is 15.8 Å². The lowest BCUT2D eigenvalue weighted by Gasteiger charge is -2.24. The fourth-order valence-electron chi connectivity index (χ4n) is 2.50.